The summed E-state index contributed by atoms with van der Waals surface area (Å²) >= 11 is 1.34. The quantitative estimate of drug-likeness (QED) is 0.701. The van der Waals surface area contributed by atoms with Crippen molar-refractivity contribution in [2.24, 2.45) is 5.73 Å². The van der Waals surface area contributed by atoms with Gasteiger partial charge in [-0.3, -0.25) is 9.59 Å². The van der Waals surface area contributed by atoms with E-state index in [9.17, 15) is 9.59 Å². The molecule has 1 amide bonds. The molecule has 0 radical (unpaired) electrons. The predicted octanol–water partition coefficient (Wildman–Crippen LogP) is 0.582. The number of anilines is 1. The normalized spacial score (nSPS) is 12.1. The molecule has 0 spiro atoms. The Bertz CT molecular complexity index is 391. The number of carboxylic acid groups (broad SMARTS) is 1. The number of rotatable bonds is 5. The maximum Gasteiger partial charge on any atom is 0.303 e. The minimum atomic E-state index is -0.964. The maximum atomic E-state index is 11.5. The first-order valence-electron chi connectivity index (χ1n) is 4.69. The summed E-state index contributed by atoms with van der Waals surface area (Å²) in [6.45, 7) is 1.87. The summed E-state index contributed by atoms with van der Waals surface area (Å²) in [6.07, 6.45) is 1.64. The number of carboxylic acids is 1. The fraction of sp³-hybridized carbons (Fsp3) is 0.444. The van der Waals surface area contributed by atoms with Gasteiger partial charge in [0.25, 0.3) is 0 Å². The van der Waals surface area contributed by atoms with Crippen molar-refractivity contribution in [2.45, 2.75) is 25.8 Å². The van der Waals surface area contributed by atoms with Gasteiger partial charge in [0.2, 0.25) is 5.91 Å². The van der Waals surface area contributed by atoms with E-state index < -0.39 is 17.9 Å². The van der Waals surface area contributed by atoms with Crippen LogP contribution in [0.2, 0.25) is 0 Å². The van der Waals surface area contributed by atoms with Crippen molar-refractivity contribution < 1.29 is 14.7 Å². The van der Waals surface area contributed by atoms with Crippen molar-refractivity contribution in [2.75, 3.05) is 5.32 Å². The van der Waals surface area contributed by atoms with Crippen molar-refractivity contribution >= 4 is 28.3 Å². The number of aryl methyl sites for hydroxylation is 1. The van der Waals surface area contributed by atoms with Crippen LogP contribution in [0.4, 0.5) is 5.13 Å². The molecule has 1 rings (SSSR count). The Balaban J connectivity index is 2.42. The molecule has 88 valence electrons. The number of thiazole rings is 1. The number of aliphatic carboxylic acids is 1. The molecule has 0 aliphatic heterocycles. The SMILES string of the molecule is Cc1cnc(NC(=O)C(N)CCC(=O)O)s1. The zero-order valence-electron chi connectivity index (χ0n) is 8.77. The lowest BCUT2D eigenvalue weighted by atomic mass is 10.1. The molecule has 0 aliphatic rings. The van der Waals surface area contributed by atoms with Crippen LogP contribution in [0.3, 0.4) is 0 Å². The van der Waals surface area contributed by atoms with Crippen LogP contribution in [-0.4, -0.2) is 28.0 Å². The number of nitrogens with two attached hydrogens (primary N) is 1. The average molecular weight is 243 g/mol. The molecule has 0 saturated carbocycles. The topological polar surface area (TPSA) is 105 Å². The van der Waals surface area contributed by atoms with Crippen LogP contribution in [0, 0.1) is 6.92 Å². The maximum absolute atomic E-state index is 11.5. The molecule has 6 nitrogen and oxygen atoms in total. The third-order valence-corrected chi connectivity index (χ3v) is 2.69. The van der Waals surface area contributed by atoms with Gasteiger partial charge in [0.15, 0.2) is 5.13 Å². The smallest absolute Gasteiger partial charge is 0.303 e. The third kappa shape index (κ3) is 3.95. The van der Waals surface area contributed by atoms with E-state index in [4.69, 9.17) is 10.8 Å². The van der Waals surface area contributed by atoms with Gasteiger partial charge in [0, 0.05) is 17.5 Å². The van der Waals surface area contributed by atoms with Gasteiger partial charge >= 0.3 is 5.97 Å². The number of carbonyl (C=O) groups excluding carboxylic acids is 1. The minimum absolute atomic E-state index is 0.117. The van der Waals surface area contributed by atoms with Gasteiger partial charge in [0.05, 0.1) is 6.04 Å². The van der Waals surface area contributed by atoms with Gasteiger partial charge in [-0.15, -0.1) is 11.3 Å². The van der Waals surface area contributed by atoms with Gasteiger partial charge < -0.3 is 16.2 Å². The van der Waals surface area contributed by atoms with Gasteiger partial charge in [-0.2, -0.15) is 0 Å². The number of nitrogens with zero attached hydrogens (tertiary/aromatic N) is 1. The van der Waals surface area contributed by atoms with E-state index in [0.29, 0.717) is 5.13 Å². The third-order valence-electron chi connectivity index (χ3n) is 1.86. The second-order valence-corrected chi connectivity index (χ2v) is 4.54. The van der Waals surface area contributed by atoms with Crippen LogP contribution < -0.4 is 11.1 Å². The van der Waals surface area contributed by atoms with E-state index >= 15 is 0 Å². The van der Waals surface area contributed by atoms with E-state index in [1.807, 2.05) is 6.92 Å². The lowest BCUT2D eigenvalue weighted by Gasteiger charge is -2.08. The molecule has 1 heterocycles. The summed E-state index contributed by atoms with van der Waals surface area (Å²) < 4.78 is 0. The van der Waals surface area contributed by atoms with Crippen molar-refractivity contribution in [1.29, 1.82) is 0 Å². The minimum Gasteiger partial charge on any atom is -0.481 e. The first kappa shape index (κ1) is 12.6. The lowest BCUT2D eigenvalue weighted by Crippen LogP contribution is -2.35. The highest BCUT2D eigenvalue weighted by Crippen LogP contribution is 2.16. The van der Waals surface area contributed by atoms with Gasteiger partial charge in [0.1, 0.15) is 0 Å². The Kier molecular flexibility index (Phi) is 4.39. The Morgan fingerprint density at radius 1 is 1.69 bits per heavy atom. The fourth-order valence-corrected chi connectivity index (χ4v) is 1.69. The summed E-state index contributed by atoms with van der Waals surface area (Å²) in [5.74, 6) is -1.37. The van der Waals surface area contributed by atoms with Crippen LogP contribution in [0.1, 0.15) is 17.7 Å². The fourth-order valence-electron chi connectivity index (χ4n) is 1.02. The van der Waals surface area contributed by atoms with E-state index in [-0.39, 0.29) is 12.8 Å². The Labute approximate surface area is 96.5 Å². The van der Waals surface area contributed by atoms with Crippen LogP contribution >= 0.6 is 11.3 Å². The molecule has 0 aromatic carbocycles. The highest BCUT2D eigenvalue weighted by atomic mass is 32.1. The zero-order valence-corrected chi connectivity index (χ0v) is 9.58. The monoisotopic (exact) mass is 243 g/mol. The highest BCUT2D eigenvalue weighted by molar-refractivity contribution is 7.15. The molecule has 1 atom stereocenters. The number of nitrogens with one attached hydrogen (secondary N) is 1. The van der Waals surface area contributed by atoms with Gasteiger partial charge in [-0.05, 0) is 13.3 Å². The van der Waals surface area contributed by atoms with Crippen molar-refractivity contribution in [3.05, 3.63) is 11.1 Å². The van der Waals surface area contributed by atoms with E-state index in [0.717, 1.165) is 4.88 Å². The first-order valence-corrected chi connectivity index (χ1v) is 5.51. The van der Waals surface area contributed by atoms with E-state index in [1.165, 1.54) is 11.3 Å². The number of amides is 1. The molecule has 4 N–H and O–H groups in total. The van der Waals surface area contributed by atoms with E-state index in [2.05, 4.69) is 10.3 Å². The number of hydrogen-bond donors (Lipinski definition) is 3. The summed E-state index contributed by atoms with van der Waals surface area (Å²) in [6, 6.07) is -0.819. The van der Waals surface area contributed by atoms with Crippen LogP contribution in [0.5, 0.6) is 0 Å². The van der Waals surface area contributed by atoms with Crippen LogP contribution in [0.25, 0.3) is 0 Å². The summed E-state index contributed by atoms with van der Waals surface area (Å²) in [7, 11) is 0. The molecule has 0 bridgehead atoms. The summed E-state index contributed by atoms with van der Waals surface area (Å²) in [4.78, 5) is 26.7. The molecule has 1 unspecified atom stereocenters. The van der Waals surface area contributed by atoms with Crippen molar-refractivity contribution in [1.82, 2.24) is 4.98 Å². The van der Waals surface area contributed by atoms with Crippen molar-refractivity contribution in [3.8, 4) is 0 Å². The predicted molar refractivity (Wildman–Crippen MR) is 60.3 cm³/mol. The Morgan fingerprint density at radius 3 is 2.88 bits per heavy atom. The molecule has 0 aliphatic carbocycles. The second-order valence-electron chi connectivity index (χ2n) is 3.30. The average Bonchev–Trinajstić information content (AvgIpc) is 2.60. The summed E-state index contributed by atoms with van der Waals surface area (Å²) in [5, 5.41) is 11.5. The molecular formula is C9H13N3O3S. The zero-order chi connectivity index (χ0) is 12.1. The van der Waals surface area contributed by atoms with Crippen LogP contribution in [0.15, 0.2) is 6.20 Å². The molecule has 1 aromatic rings. The summed E-state index contributed by atoms with van der Waals surface area (Å²) in [5.41, 5.74) is 5.52. The number of hydrogen-bond acceptors (Lipinski definition) is 5. The second kappa shape index (κ2) is 5.57. The molecular weight excluding hydrogens is 230 g/mol. The largest absolute Gasteiger partial charge is 0.481 e. The molecule has 1 aromatic heterocycles. The molecule has 16 heavy (non-hydrogen) atoms. The lowest BCUT2D eigenvalue weighted by molar-refractivity contribution is -0.137. The molecule has 0 fully saturated rings. The Morgan fingerprint density at radius 2 is 2.38 bits per heavy atom. The number of carbonyl (C=O) groups is 2. The van der Waals surface area contributed by atoms with E-state index in [1.54, 1.807) is 6.20 Å². The Hall–Kier alpha value is -1.47. The van der Waals surface area contributed by atoms with Crippen molar-refractivity contribution in [3.63, 3.8) is 0 Å². The standard InChI is InChI=1S/C9H13N3O3S/c1-5-4-11-9(16-5)12-8(15)6(10)2-3-7(13)14/h4,6H,2-3,10H2,1H3,(H,13,14)(H,11,12,15). The highest BCUT2D eigenvalue weighted by Gasteiger charge is 2.15. The molecule has 0 saturated heterocycles. The first-order chi connectivity index (χ1) is 7.49. The number of aromatic nitrogens is 1. The van der Waals surface area contributed by atoms with Crippen LogP contribution in [-0.2, 0) is 9.59 Å². The van der Waals surface area contributed by atoms with Gasteiger partial charge in [-0.25, -0.2) is 4.98 Å². The molecule has 7 heteroatoms. The van der Waals surface area contributed by atoms with Gasteiger partial charge in [-0.1, -0.05) is 0 Å².